The third-order valence-corrected chi connectivity index (χ3v) is 7.01. The lowest BCUT2D eigenvalue weighted by atomic mass is 10.1. The first-order chi connectivity index (χ1) is 16.8. The number of carbonyl (C=O) groups excluding carboxylic acids is 1. The number of pyridine rings is 1. The second-order valence-electron chi connectivity index (χ2n) is 7.90. The number of sulfonamides is 1. The van der Waals surface area contributed by atoms with Crippen LogP contribution in [0.1, 0.15) is 11.4 Å². The summed E-state index contributed by atoms with van der Waals surface area (Å²) in [6.07, 6.45) is 0.0194. The van der Waals surface area contributed by atoms with Crippen molar-refractivity contribution in [1.82, 2.24) is 19.7 Å². The fourth-order valence-corrected chi connectivity index (χ4v) is 4.89. The van der Waals surface area contributed by atoms with E-state index in [2.05, 4.69) is 20.4 Å². The molecule has 0 radical (unpaired) electrons. The summed E-state index contributed by atoms with van der Waals surface area (Å²) in [6.45, 7) is 1.91. The van der Waals surface area contributed by atoms with Crippen molar-refractivity contribution in [2.45, 2.75) is 18.2 Å². The highest BCUT2D eigenvalue weighted by atomic mass is 32.2. The number of aryl methyl sites for hydroxylation is 1. The summed E-state index contributed by atoms with van der Waals surface area (Å²) >= 11 is 1.56. The normalized spacial score (nSPS) is 11.6. The third kappa shape index (κ3) is 4.97. The quantitative estimate of drug-likeness (QED) is 0.362. The number of nitrogens with two attached hydrogens (primary N) is 1. The number of thiazole rings is 1. The van der Waals surface area contributed by atoms with Crippen LogP contribution in [-0.2, 0) is 21.2 Å². The van der Waals surface area contributed by atoms with E-state index in [1.165, 1.54) is 24.3 Å². The average molecular weight is 505 g/mol. The van der Waals surface area contributed by atoms with Crippen molar-refractivity contribution in [1.29, 1.82) is 0 Å². The maximum atomic E-state index is 12.7. The molecule has 0 aliphatic heterocycles. The van der Waals surface area contributed by atoms with Gasteiger partial charge >= 0.3 is 0 Å². The van der Waals surface area contributed by atoms with Crippen LogP contribution in [-0.4, -0.2) is 34.1 Å². The van der Waals surface area contributed by atoms with E-state index in [0.717, 1.165) is 27.2 Å². The number of nitrogens with one attached hydrogen (secondary N) is 1. The van der Waals surface area contributed by atoms with Gasteiger partial charge in [0.2, 0.25) is 15.9 Å². The number of nitrogens with zero attached hydrogens (tertiary/aromatic N) is 4. The Bertz CT molecular complexity index is 1660. The lowest BCUT2D eigenvalue weighted by Crippen LogP contribution is -2.15. The second-order valence-corrected chi connectivity index (χ2v) is 10.3. The van der Waals surface area contributed by atoms with Gasteiger partial charge in [-0.1, -0.05) is 12.1 Å². The molecular weight excluding hydrogens is 484 g/mol. The molecule has 3 heterocycles. The second kappa shape index (κ2) is 9.02. The molecule has 0 atom stereocenters. The van der Waals surface area contributed by atoms with Crippen LogP contribution >= 0.6 is 11.3 Å². The molecule has 3 aromatic heterocycles. The molecule has 9 nitrogen and oxygen atoms in total. The summed E-state index contributed by atoms with van der Waals surface area (Å²) in [5, 5.41) is 12.6. The smallest absolute Gasteiger partial charge is 0.238 e. The first-order valence-electron chi connectivity index (χ1n) is 10.6. The lowest BCUT2D eigenvalue weighted by Gasteiger charge is -2.07. The molecule has 2 aromatic carbocycles. The molecule has 0 saturated carbocycles. The van der Waals surface area contributed by atoms with Gasteiger partial charge in [0.05, 0.1) is 38.4 Å². The van der Waals surface area contributed by atoms with Crippen LogP contribution in [0, 0.1) is 6.92 Å². The molecule has 5 aromatic rings. The molecule has 5 rings (SSSR count). The van der Waals surface area contributed by atoms with Gasteiger partial charge < -0.3 is 5.32 Å². The van der Waals surface area contributed by atoms with E-state index in [-0.39, 0.29) is 17.2 Å². The van der Waals surface area contributed by atoms with Gasteiger partial charge in [0.1, 0.15) is 0 Å². The van der Waals surface area contributed by atoms with E-state index in [0.29, 0.717) is 17.2 Å². The van der Waals surface area contributed by atoms with Crippen LogP contribution in [0.25, 0.3) is 27.3 Å². The maximum Gasteiger partial charge on any atom is 0.238 e. The largest absolute Gasteiger partial charge is 0.326 e. The van der Waals surface area contributed by atoms with Crippen molar-refractivity contribution in [2.24, 2.45) is 5.14 Å². The molecule has 0 aliphatic carbocycles. The zero-order valence-electron chi connectivity index (χ0n) is 18.5. The van der Waals surface area contributed by atoms with E-state index in [1.807, 2.05) is 49.4 Å². The number of aromatic nitrogens is 4. The van der Waals surface area contributed by atoms with Crippen LogP contribution in [0.15, 0.2) is 77.1 Å². The predicted octanol–water partition coefficient (Wildman–Crippen LogP) is 3.68. The molecule has 0 saturated heterocycles. The van der Waals surface area contributed by atoms with Crippen molar-refractivity contribution in [3.05, 3.63) is 83.6 Å². The highest BCUT2D eigenvalue weighted by Crippen LogP contribution is 2.28. The molecule has 35 heavy (non-hydrogen) atoms. The number of primary sulfonamides is 1. The molecule has 0 spiro atoms. The average Bonchev–Trinajstić information content (AvgIpc) is 3.45. The Kier molecular flexibility index (Phi) is 5.89. The monoisotopic (exact) mass is 504 g/mol. The van der Waals surface area contributed by atoms with Gasteiger partial charge in [0.25, 0.3) is 0 Å². The van der Waals surface area contributed by atoms with Crippen molar-refractivity contribution in [3.8, 4) is 17.1 Å². The molecule has 0 bridgehead atoms. The Morgan fingerprint density at radius 1 is 1.09 bits per heavy atom. The topological polar surface area (TPSA) is 133 Å². The molecular formula is C24H20N6O3S2. The molecule has 0 aliphatic rings. The molecule has 0 fully saturated rings. The molecule has 1 amide bonds. The van der Waals surface area contributed by atoms with Crippen molar-refractivity contribution in [2.75, 3.05) is 5.32 Å². The van der Waals surface area contributed by atoms with Gasteiger partial charge in [-0.2, -0.15) is 5.10 Å². The highest BCUT2D eigenvalue weighted by molar-refractivity contribution is 7.89. The Balaban J connectivity index is 1.45. The predicted molar refractivity (Wildman–Crippen MR) is 135 cm³/mol. The van der Waals surface area contributed by atoms with Gasteiger partial charge in [-0.25, -0.2) is 28.2 Å². The number of carbonyl (C=O) groups is 1. The summed E-state index contributed by atoms with van der Waals surface area (Å²) in [4.78, 5) is 21.6. The Morgan fingerprint density at radius 3 is 2.63 bits per heavy atom. The first kappa shape index (κ1) is 22.8. The van der Waals surface area contributed by atoms with E-state index in [1.54, 1.807) is 21.5 Å². The molecule has 0 unspecified atom stereocenters. The van der Waals surface area contributed by atoms with E-state index in [9.17, 15) is 13.2 Å². The maximum absolute atomic E-state index is 12.7. The Morgan fingerprint density at radius 2 is 1.89 bits per heavy atom. The number of anilines is 1. The zero-order chi connectivity index (χ0) is 24.6. The highest BCUT2D eigenvalue weighted by Gasteiger charge is 2.16. The van der Waals surface area contributed by atoms with Gasteiger partial charge in [0, 0.05) is 16.9 Å². The number of hydrogen-bond acceptors (Lipinski definition) is 7. The van der Waals surface area contributed by atoms with Crippen molar-refractivity contribution in [3.63, 3.8) is 0 Å². The summed E-state index contributed by atoms with van der Waals surface area (Å²) in [7, 11) is -3.80. The van der Waals surface area contributed by atoms with Crippen LogP contribution < -0.4 is 10.5 Å². The standard InChI is InChI=1S/C24H20N6O3S2/c1-15-3-2-4-23(27-15)30-21(16-5-10-20-22(11-16)34-14-26-20)12-18(29-30)13-24(31)28-17-6-8-19(9-7-17)35(25,32)33/h2-12,14H,13H2,1H3,(H,28,31)(H2,25,32,33). The molecule has 176 valence electrons. The number of amides is 1. The minimum atomic E-state index is -3.80. The van der Waals surface area contributed by atoms with Crippen LogP contribution in [0.4, 0.5) is 5.69 Å². The minimum Gasteiger partial charge on any atom is -0.326 e. The summed E-state index contributed by atoms with van der Waals surface area (Å²) in [5.74, 6) is 0.356. The number of rotatable bonds is 6. The van der Waals surface area contributed by atoms with Gasteiger partial charge in [-0.3, -0.25) is 4.79 Å². The van der Waals surface area contributed by atoms with Gasteiger partial charge in [-0.05, 0) is 61.5 Å². The van der Waals surface area contributed by atoms with Crippen molar-refractivity contribution >= 4 is 43.2 Å². The summed E-state index contributed by atoms with van der Waals surface area (Å²) in [6, 6.07) is 19.2. The zero-order valence-corrected chi connectivity index (χ0v) is 20.2. The summed E-state index contributed by atoms with van der Waals surface area (Å²) in [5.41, 5.74) is 6.33. The third-order valence-electron chi connectivity index (χ3n) is 5.29. The fourth-order valence-electron chi connectivity index (χ4n) is 3.66. The number of benzene rings is 2. The fraction of sp³-hybridized carbons (Fsp3) is 0.0833. The molecule has 3 N–H and O–H groups in total. The van der Waals surface area contributed by atoms with Crippen LogP contribution in [0.3, 0.4) is 0 Å². The number of fused-ring (bicyclic) bond motifs is 1. The Labute approximate surface area is 205 Å². The SMILES string of the molecule is Cc1cccc(-n2nc(CC(=O)Nc3ccc(S(N)(=O)=O)cc3)cc2-c2ccc3ncsc3c2)n1. The van der Waals surface area contributed by atoms with E-state index < -0.39 is 10.0 Å². The van der Waals surface area contributed by atoms with E-state index in [4.69, 9.17) is 5.14 Å². The molecule has 11 heteroatoms. The number of hydrogen-bond donors (Lipinski definition) is 2. The van der Waals surface area contributed by atoms with Crippen LogP contribution in [0.2, 0.25) is 0 Å². The van der Waals surface area contributed by atoms with Crippen LogP contribution in [0.5, 0.6) is 0 Å². The first-order valence-corrected chi connectivity index (χ1v) is 13.0. The Hall–Kier alpha value is -3.93. The lowest BCUT2D eigenvalue weighted by molar-refractivity contribution is -0.115. The van der Waals surface area contributed by atoms with E-state index >= 15 is 0 Å². The van der Waals surface area contributed by atoms with Crippen molar-refractivity contribution < 1.29 is 13.2 Å². The van der Waals surface area contributed by atoms with Gasteiger partial charge in [-0.15, -0.1) is 11.3 Å². The van der Waals surface area contributed by atoms with Gasteiger partial charge in [0.15, 0.2) is 5.82 Å². The summed E-state index contributed by atoms with van der Waals surface area (Å²) < 4.78 is 25.6. The minimum absolute atomic E-state index is 0.0194.